The van der Waals surface area contributed by atoms with Gasteiger partial charge in [0.1, 0.15) is 18.3 Å². The quantitative estimate of drug-likeness (QED) is 0.376. The summed E-state index contributed by atoms with van der Waals surface area (Å²) in [6.45, 7) is 2.63. The van der Waals surface area contributed by atoms with Crippen LogP contribution in [0.3, 0.4) is 0 Å². The highest BCUT2D eigenvalue weighted by molar-refractivity contribution is 7.12. The Morgan fingerprint density at radius 3 is 3.00 bits per heavy atom. The molecule has 5 aromatic rings. The van der Waals surface area contributed by atoms with Crippen LogP contribution in [0.25, 0.3) is 21.7 Å². The van der Waals surface area contributed by atoms with E-state index < -0.39 is 0 Å². The van der Waals surface area contributed by atoms with Crippen molar-refractivity contribution >= 4 is 61.7 Å². The van der Waals surface area contributed by atoms with Crippen LogP contribution in [0, 0.1) is 6.92 Å². The molecule has 1 aliphatic rings. The first-order valence-electron chi connectivity index (χ1n) is 9.93. The topological polar surface area (TPSA) is 95.2 Å². The third-order valence-corrected chi connectivity index (χ3v) is 6.57. The molecule has 0 bridgehead atoms. The van der Waals surface area contributed by atoms with Gasteiger partial charge in [-0.15, -0.1) is 11.3 Å². The first-order chi connectivity index (χ1) is 15.2. The van der Waals surface area contributed by atoms with E-state index in [0.717, 1.165) is 49.4 Å². The SMILES string of the molecule is Cc1ccc2c(Nc3ccc4[nH]ncc4c3)nccc2c1N1CN=C(N)c2sccc21. The fraction of sp³-hybridized carbons (Fsp3) is 0.0870. The lowest BCUT2D eigenvalue weighted by Gasteiger charge is -2.29. The maximum absolute atomic E-state index is 6.13. The van der Waals surface area contributed by atoms with Crippen molar-refractivity contribution in [3.63, 3.8) is 0 Å². The number of aromatic nitrogens is 3. The molecule has 1 aliphatic heterocycles. The van der Waals surface area contributed by atoms with Gasteiger partial charge >= 0.3 is 0 Å². The molecule has 0 saturated heterocycles. The zero-order valence-electron chi connectivity index (χ0n) is 16.8. The monoisotopic (exact) mass is 425 g/mol. The molecule has 7 nitrogen and oxygen atoms in total. The first-order valence-corrected chi connectivity index (χ1v) is 10.8. The summed E-state index contributed by atoms with van der Waals surface area (Å²) in [7, 11) is 0. The Morgan fingerprint density at radius 1 is 1.13 bits per heavy atom. The van der Waals surface area contributed by atoms with E-state index in [9.17, 15) is 0 Å². The predicted octanol–water partition coefficient (Wildman–Crippen LogP) is 5.04. The van der Waals surface area contributed by atoms with E-state index in [2.05, 4.69) is 73.0 Å². The minimum atomic E-state index is 0.498. The van der Waals surface area contributed by atoms with Crippen molar-refractivity contribution in [2.75, 3.05) is 16.9 Å². The van der Waals surface area contributed by atoms with Crippen LogP contribution in [0.1, 0.15) is 10.4 Å². The van der Waals surface area contributed by atoms with Crippen LogP contribution >= 0.6 is 11.3 Å². The van der Waals surface area contributed by atoms with Crippen LogP contribution in [0.2, 0.25) is 0 Å². The molecule has 0 saturated carbocycles. The summed E-state index contributed by atoms with van der Waals surface area (Å²) in [4.78, 5) is 12.4. The molecule has 0 radical (unpaired) electrons. The smallest absolute Gasteiger partial charge is 0.139 e. The first kappa shape index (κ1) is 17.9. The van der Waals surface area contributed by atoms with E-state index in [-0.39, 0.29) is 0 Å². The van der Waals surface area contributed by atoms with E-state index in [1.807, 2.05) is 24.5 Å². The Hall–Kier alpha value is -3.91. The predicted molar refractivity (Wildman–Crippen MR) is 128 cm³/mol. The number of aliphatic imine (C=N–C) groups is 1. The normalized spacial score (nSPS) is 13.5. The molecule has 31 heavy (non-hydrogen) atoms. The standard InChI is InChI=1S/C23H19N7S/c1-13-2-4-17-16(20(13)30-12-26-22(24)21-19(30)7-9-31-21)6-8-25-23(17)28-15-3-5-18-14(10-15)11-27-29-18/h2-11H,12H2,1H3,(H2,24,26)(H,25,28)(H,27,29). The molecule has 0 aliphatic carbocycles. The molecule has 0 fully saturated rings. The molecule has 0 amide bonds. The highest BCUT2D eigenvalue weighted by Crippen LogP contribution is 2.41. The van der Waals surface area contributed by atoms with E-state index >= 15 is 0 Å². The average Bonchev–Trinajstić information content (AvgIpc) is 3.44. The second kappa shape index (κ2) is 6.82. The summed E-state index contributed by atoms with van der Waals surface area (Å²) < 4.78 is 0. The Labute approximate surface area is 182 Å². The van der Waals surface area contributed by atoms with Gasteiger partial charge in [0.25, 0.3) is 0 Å². The summed E-state index contributed by atoms with van der Waals surface area (Å²) in [5.41, 5.74) is 11.5. The van der Waals surface area contributed by atoms with Crippen LogP contribution in [0.5, 0.6) is 0 Å². The number of hydrogen-bond acceptors (Lipinski definition) is 7. The lowest BCUT2D eigenvalue weighted by atomic mass is 10.0. The zero-order chi connectivity index (χ0) is 20.9. The van der Waals surface area contributed by atoms with E-state index in [4.69, 9.17) is 5.73 Å². The van der Waals surface area contributed by atoms with E-state index in [0.29, 0.717) is 12.5 Å². The van der Waals surface area contributed by atoms with E-state index in [1.54, 1.807) is 11.3 Å². The molecule has 152 valence electrons. The van der Waals surface area contributed by atoms with Gasteiger partial charge in [0.15, 0.2) is 0 Å². The zero-order valence-corrected chi connectivity index (χ0v) is 17.6. The molecule has 4 heterocycles. The van der Waals surface area contributed by atoms with Crippen molar-refractivity contribution in [3.05, 3.63) is 70.7 Å². The highest BCUT2D eigenvalue weighted by Gasteiger charge is 2.24. The minimum Gasteiger partial charge on any atom is -0.383 e. The number of nitrogens with one attached hydrogen (secondary N) is 2. The number of hydrogen-bond donors (Lipinski definition) is 3. The molecule has 8 heteroatoms. The van der Waals surface area contributed by atoms with Gasteiger partial charge in [-0.25, -0.2) is 9.98 Å². The molecule has 2 aromatic carbocycles. The number of rotatable bonds is 3. The maximum atomic E-state index is 6.13. The molecule has 3 aromatic heterocycles. The molecule has 0 atom stereocenters. The molecule has 0 spiro atoms. The molecule has 6 rings (SSSR count). The number of H-pyrrole nitrogens is 1. The van der Waals surface area contributed by atoms with Crippen LogP contribution < -0.4 is 16.0 Å². The van der Waals surface area contributed by atoms with E-state index in [1.165, 1.54) is 5.56 Å². The molecule has 0 unspecified atom stereocenters. The Balaban J connectivity index is 1.48. The molecule has 4 N–H and O–H groups in total. The van der Waals surface area contributed by atoms with Crippen molar-refractivity contribution in [2.45, 2.75) is 6.92 Å². The van der Waals surface area contributed by atoms with Gasteiger partial charge in [-0.3, -0.25) is 5.10 Å². The van der Waals surface area contributed by atoms with Crippen molar-refractivity contribution in [3.8, 4) is 0 Å². The maximum Gasteiger partial charge on any atom is 0.139 e. The van der Waals surface area contributed by atoms with Crippen LogP contribution in [0.15, 0.2) is 65.2 Å². The van der Waals surface area contributed by atoms with Crippen molar-refractivity contribution < 1.29 is 0 Å². The molecular weight excluding hydrogens is 406 g/mol. The number of anilines is 4. The summed E-state index contributed by atoms with van der Waals surface area (Å²) in [5.74, 6) is 1.42. The van der Waals surface area contributed by atoms with Gasteiger partial charge in [0.2, 0.25) is 0 Å². The summed E-state index contributed by atoms with van der Waals surface area (Å²) >= 11 is 1.62. The van der Waals surface area contributed by atoms with Crippen molar-refractivity contribution in [1.82, 2.24) is 15.2 Å². The fourth-order valence-electron chi connectivity index (χ4n) is 4.16. The average molecular weight is 426 g/mol. The molecular formula is C23H19N7S. The Kier molecular flexibility index (Phi) is 3.94. The van der Waals surface area contributed by atoms with Crippen LogP contribution in [0.4, 0.5) is 22.9 Å². The number of nitrogens with zero attached hydrogens (tertiary/aromatic N) is 4. The lowest BCUT2D eigenvalue weighted by Crippen LogP contribution is -2.28. The number of aryl methyl sites for hydroxylation is 1. The second-order valence-corrected chi connectivity index (χ2v) is 8.45. The summed E-state index contributed by atoms with van der Waals surface area (Å²) in [6, 6.07) is 14.5. The largest absolute Gasteiger partial charge is 0.383 e. The third kappa shape index (κ3) is 2.83. The van der Waals surface area contributed by atoms with Gasteiger partial charge in [-0.1, -0.05) is 12.1 Å². The van der Waals surface area contributed by atoms with Gasteiger partial charge in [0, 0.05) is 28.0 Å². The van der Waals surface area contributed by atoms with Crippen LogP contribution in [-0.4, -0.2) is 27.7 Å². The van der Waals surface area contributed by atoms with Crippen molar-refractivity contribution in [1.29, 1.82) is 0 Å². The number of amidine groups is 1. The third-order valence-electron chi connectivity index (χ3n) is 5.64. The summed E-state index contributed by atoms with van der Waals surface area (Å²) in [5, 5.41) is 15.8. The van der Waals surface area contributed by atoms with Gasteiger partial charge in [-0.2, -0.15) is 5.10 Å². The van der Waals surface area contributed by atoms with Gasteiger partial charge in [0.05, 0.1) is 28.0 Å². The lowest BCUT2D eigenvalue weighted by molar-refractivity contribution is 0.965. The number of pyridine rings is 1. The number of thiophene rings is 1. The van der Waals surface area contributed by atoms with Gasteiger partial charge in [-0.05, 0) is 48.2 Å². The summed E-state index contributed by atoms with van der Waals surface area (Å²) in [6.07, 6.45) is 3.67. The Morgan fingerprint density at radius 2 is 2.06 bits per heavy atom. The highest BCUT2D eigenvalue weighted by atomic mass is 32.1. The number of fused-ring (bicyclic) bond motifs is 3. The number of benzene rings is 2. The minimum absolute atomic E-state index is 0.498. The second-order valence-electron chi connectivity index (χ2n) is 7.53. The van der Waals surface area contributed by atoms with Crippen molar-refractivity contribution in [2.24, 2.45) is 10.7 Å². The fourth-order valence-corrected chi connectivity index (χ4v) is 4.97. The Bertz CT molecular complexity index is 1480. The number of nitrogens with two attached hydrogens (primary N) is 1. The number of aromatic amines is 1. The van der Waals surface area contributed by atoms with Gasteiger partial charge < -0.3 is 16.0 Å². The van der Waals surface area contributed by atoms with Crippen LogP contribution in [-0.2, 0) is 0 Å².